The number of urea groups is 1. The number of amides is 2. The second kappa shape index (κ2) is 7.98. The highest BCUT2D eigenvalue weighted by atomic mass is 79.9. The molecular formula is C19H18BrN3O2. The fourth-order valence-corrected chi connectivity index (χ4v) is 2.53. The zero-order valence-electron chi connectivity index (χ0n) is 13.8. The number of oxazole rings is 1. The Hall–Kier alpha value is -2.60. The molecule has 2 aromatic carbocycles. The summed E-state index contributed by atoms with van der Waals surface area (Å²) in [5.41, 5.74) is 3.68. The Kier molecular flexibility index (Phi) is 5.50. The van der Waals surface area contributed by atoms with E-state index in [9.17, 15) is 4.79 Å². The van der Waals surface area contributed by atoms with Gasteiger partial charge in [-0.05, 0) is 43.3 Å². The van der Waals surface area contributed by atoms with Crippen LogP contribution in [0.15, 0.2) is 63.7 Å². The molecule has 5 nitrogen and oxygen atoms in total. The molecular weight excluding hydrogens is 382 g/mol. The fraction of sp³-hybridized carbons (Fsp3) is 0.158. The largest absolute Gasteiger partial charge is 0.444 e. The second-order valence-electron chi connectivity index (χ2n) is 5.65. The fourth-order valence-electron chi connectivity index (χ4n) is 2.26. The molecule has 0 aliphatic heterocycles. The Bertz CT molecular complexity index is 842. The van der Waals surface area contributed by atoms with Crippen LogP contribution in [0.4, 0.5) is 10.5 Å². The van der Waals surface area contributed by atoms with Crippen molar-refractivity contribution in [1.82, 2.24) is 10.3 Å². The van der Waals surface area contributed by atoms with E-state index in [-0.39, 0.29) is 6.03 Å². The van der Waals surface area contributed by atoms with Crippen LogP contribution in [0.5, 0.6) is 0 Å². The van der Waals surface area contributed by atoms with Gasteiger partial charge in [0.25, 0.3) is 0 Å². The molecule has 0 unspecified atom stereocenters. The van der Waals surface area contributed by atoms with Gasteiger partial charge in [-0.1, -0.05) is 33.6 Å². The average molecular weight is 400 g/mol. The van der Waals surface area contributed by atoms with Crippen LogP contribution in [0, 0.1) is 6.92 Å². The first-order valence-corrected chi connectivity index (χ1v) is 8.71. The molecule has 2 amide bonds. The first-order chi connectivity index (χ1) is 12.1. The first kappa shape index (κ1) is 17.2. The van der Waals surface area contributed by atoms with Crippen LogP contribution in [-0.2, 0) is 6.42 Å². The van der Waals surface area contributed by atoms with Crippen LogP contribution < -0.4 is 10.6 Å². The number of anilines is 1. The minimum Gasteiger partial charge on any atom is -0.444 e. The predicted octanol–water partition coefficient (Wildman–Crippen LogP) is 4.78. The summed E-state index contributed by atoms with van der Waals surface area (Å²) < 4.78 is 6.48. The maximum Gasteiger partial charge on any atom is 0.319 e. The number of hydrogen-bond acceptors (Lipinski definition) is 3. The van der Waals surface area contributed by atoms with Crippen LogP contribution in [0.25, 0.3) is 11.5 Å². The highest BCUT2D eigenvalue weighted by Crippen LogP contribution is 2.19. The topological polar surface area (TPSA) is 67.2 Å². The van der Waals surface area contributed by atoms with Crippen LogP contribution in [0.1, 0.15) is 11.3 Å². The average Bonchev–Trinajstić information content (AvgIpc) is 3.06. The second-order valence-corrected chi connectivity index (χ2v) is 6.56. The van der Waals surface area contributed by atoms with Gasteiger partial charge < -0.3 is 15.1 Å². The Morgan fingerprint density at radius 2 is 1.84 bits per heavy atom. The number of aryl methyl sites for hydroxylation is 1. The molecule has 2 N–H and O–H groups in total. The third kappa shape index (κ3) is 4.93. The Labute approximate surface area is 154 Å². The van der Waals surface area contributed by atoms with E-state index in [4.69, 9.17) is 4.42 Å². The first-order valence-electron chi connectivity index (χ1n) is 7.92. The van der Waals surface area contributed by atoms with E-state index in [0.717, 1.165) is 21.4 Å². The molecule has 0 aliphatic rings. The lowest BCUT2D eigenvalue weighted by Gasteiger charge is -2.06. The van der Waals surface area contributed by atoms with Gasteiger partial charge in [-0.15, -0.1) is 0 Å². The summed E-state index contributed by atoms with van der Waals surface area (Å²) in [7, 11) is 0. The van der Waals surface area contributed by atoms with Gasteiger partial charge in [0.1, 0.15) is 6.26 Å². The zero-order valence-corrected chi connectivity index (χ0v) is 15.3. The normalized spacial score (nSPS) is 10.5. The lowest BCUT2D eigenvalue weighted by atomic mass is 10.1. The molecule has 0 atom stereocenters. The number of nitrogens with one attached hydrogen (secondary N) is 2. The number of hydrogen-bond donors (Lipinski definition) is 2. The molecule has 0 bridgehead atoms. The number of nitrogens with zero attached hydrogens (tertiary/aromatic N) is 1. The van der Waals surface area contributed by atoms with Gasteiger partial charge in [0, 0.05) is 28.7 Å². The van der Waals surface area contributed by atoms with Gasteiger partial charge in [-0.2, -0.15) is 0 Å². The summed E-state index contributed by atoms with van der Waals surface area (Å²) in [6, 6.07) is 15.2. The Morgan fingerprint density at radius 3 is 2.56 bits per heavy atom. The maximum absolute atomic E-state index is 11.9. The monoisotopic (exact) mass is 399 g/mol. The molecule has 3 rings (SSSR count). The number of carbonyl (C=O) groups excluding carboxylic acids is 1. The van der Waals surface area contributed by atoms with Crippen molar-refractivity contribution in [2.45, 2.75) is 13.3 Å². The van der Waals surface area contributed by atoms with Gasteiger partial charge in [0.05, 0.1) is 5.69 Å². The highest BCUT2D eigenvalue weighted by molar-refractivity contribution is 9.10. The minimum atomic E-state index is -0.246. The van der Waals surface area contributed by atoms with Gasteiger partial charge in [0.15, 0.2) is 0 Å². The van der Waals surface area contributed by atoms with Crippen LogP contribution in [-0.4, -0.2) is 17.6 Å². The van der Waals surface area contributed by atoms with E-state index in [1.54, 1.807) is 6.26 Å². The number of rotatable bonds is 5. The molecule has 128 valence electrons. The summed E-state index contributed by atoms with van der Waals surface area (Å²) in [6.07, 6.45) is 2.23. The third-order valence-corrected chi connectivity index (χ3v) is 4.15. The summed E-state index contributed by atoms with van der Waals surface area (Å²) in [5, 5.41) is 5.58. The standard InChI is InChI=1S/C19H18BrN3O2/c1-13-2-4-14(5-3-13)18-22-17(12-25-18)10-11-21-19(24)23-16-8-6-15(20)7-9-16/h2-9,12H,10-11H2,1H3,(H2,21,23,24). The SMILES string of the molecule is Cc1ccc(-c2nc(CCNC(=O)Nc3ccc(Br)cc3)co2)cc1. The van der Waals surface area contributed by atoms with E-state index in [1.807, 2.05) is 55.5 Å². The maximum atomic E-state index is 11.9. The van der Waals surface area contributed by atoms with E-state index in [1.165, 1.54) is 5.56 Å². The van der Waals surface area contributed by atoms with Gasteiger partial charge >= 0.3 is 6.03 Å². The van der Waals surface area contributed by atoms with Gasteiger partial charge in [-0.25, -0.2) is 9.78 Å². The molecule has 3 aromatic rings. The van der Waals surface area contributed by atoms with E-state index in [0.29, 0.717) is 18.9 Å². The van der Waals surface area contributed by atoms with Crippen molar-refractivity contribution in [2.24, 2.45) is 0 Å². The van der Waals surface area contributed by atoms with Crippen LogP contribution in [0.2, 0.25) is 0 Å². The van der Waals surface area contributed by atoms with Crippen molar-refractivity contribution in [1.29, 1.82) is 0 Å². The molecule has 0 fully saturated rings. The Morgan fingerprint density at radius 1 is 1.12 bits per heavy atom. The molecule has 1 aromatic heterocycles. The van der Waals surface area contributed by atoms with Crippen molar-refractivity contribution < 1.29 is 9.21 Å². The summed E-state index contributed by atoms with van der Waals surface area (Å²) >= 11 is 3.36. The highest BCUT2D eigenvalue weighted by Gasteiger charge is 2.07. The van der Waals surface area contributed by atoms with Crippen molar-refractivity contribution in [3.05, 3.63) is 70.5 Å². The number of halogens is 1. The van der Waals surface area contributed by atoms with E-state index in [2.05, 4.69) is 31.5 Å². The summed E-state index contributed by atoms with van der Waals surface area (Å²) in [5.74, 6) is 0.592. The summed E-state index contributed by atoms with van der Waals surface area (Å²) in [6.45, 7) is 2.51. The number of benzene rings is 2. The molecule has 1 heterocycles. The molecule has 0 radical (unpaired) electrons. The molecule has 25 heavy (non-hydrogen) atoms. The van der Waals surface area contributed by atoms with Crippen LogP contribution >= 0.6 is 15.9 Å². The van der Waals surface area contributed by atoms with Crippen molar-refractivity contribution in [3.63, 3.8) is 0 Å². The molecule has 0 saturated carbocycles. The molecule has 6 heteroatoms. The predicted molar refractivity (Wildman–Crippen MR) is 102 cm³/mol. The van der Waals surface area contributed by atoms with Crippen LogP contribution in [0.3, 0.4) is 0 Å². The summed E-state index contributed by atoms with van der Waals surface area (Å²) in [4.78, 5) is 16.3. The van der Waals surface area contributed by atoms with Gasteiger partial charge in [0.2, 0.25) is 5.89 Å². The minimum absolute atomic E-state index is 0.246. The molecule has 0 saturated heterocycles. The lowest BCUT2D eigenvalue weighted by molar-refractivity contribution is 0.252. The third-order valence-electron chi connectivity index (χ3n) is 3.62. The van der Waals surface area contributed by atoms with Crippen molar-refractivity contribution in [3.8, 4) is 11.5 Å². The van der Waals surface area contributed by atoms with E-state index < -0.39 is 0 Å². The zero-order chi connectivity index (χ0) is 17.6. The smallest absolute Gasteiger partial charge is 0.319 e. The van der Waals surface area contributed by atoms with Crippen molar-refractivity contribution >= 4 is 27.6 Å². The Balaban J connectivity index is 1.48. The van der Waals surface area contributed by atoms with Crippen molar-refractivity contribution in [2.75, 3.05) is 11.9 Å². The lowest BCUT2D eigenvalue weighted by Crippen LogP contribution is -2.30. The van der Waals surface area contributed by atoms with Gasteiger partial charge in [-0.3, -0.25) is 0 Å². The number of carbonyl (C=O) groups is 1. The molecule has 0 aliphatic carbocycles. The molecule has 0 spiro atoms. The number of aromatic nitrogens is 1. The van der Waals surface area contributed by atoms with E-state index >= 15 is 0 Å². The quantitative estimate of drug-likeness (QED) is 0.648.